The van der Waals surface area contributed by atoms with Crippen molar-refractivity contribution in [2.45, 2.75) is 33.2 Å². The van der Waals surface area contributed by atoms with Gasteiger partial charge in [-0.3, -0.25) is 4.98 Å². The van der Waals surface area contributed by atoms with Gasteiger partial charge in [0.05, 0.1) is 6.57 Å². The van der Waals surface area contributed by atoms with Crippen molar-refractivity contribution in [3.63, 3.8) is 0 Å². The molecule has 3 rings (SSSR count). The van der Waals surface area contributed by atoms with Crippen LogP contribution in [0.3, 0.4) is 0 Å². The van der Waals surface area contributed by atoms with Crippen LogP contribution in [0.15, 0.2) is 30.7 Å². The lowest BCUT2D eigenvalue weighted by Crippen LogP contribution is -1.98. The van der Waals surface area contributed by atoms with E-state index in [-0.39, 0.29) is 12.2 Å². The molecule has 0 bridgehead atoms. The molecule has 0 amide bonds. The Morgan fingerprint density at radius 3 is 2.62 bits per heavy atom. The highest BCUT2D eigenvalue weighted by molar-refractivity contribution is 5.99. The number of hydrogen-bond acceptors (Lipinski definition) is 2. The lowest BCUT2D eigenvalue weighted by atomic mass is 9.98. The lowest BCUT2D eigenvalue weighted by Gasteiger charge is -2.11. The molecule has 2 heterocycles. The minimum absolute atomic E-state index is 0.0360. The van der Waals surface area contributed by atoms with Crippen molar-refractivity contribution >= 4 is 16.6 Å². The van der Waals surface area contributed by atoms with Crippen molar-refractivity contribution in [1.29, 1.82) is 0 Å². The molecule has 0 aliphatic heterocycles. The van der Waals surface area contributed by atoms with Gasteiger partial charge in [0.1, 0.15) is 0 Å². The molecule has 0 radical (unpaired) electrons. The minimum Gasteiger partial charge on any atom is -0.396 e. The first kappa shape index (κ1) is 18.0. The number of alkyl halides is 2. The quantitative estimate of drug-likeness (QED) is 0.640. The summed E-state index contributed by atoms with van der Waals surface area (Å²) in [4.78, 5) is 7.64. The first-order chi connectivity index (χ1) is 12.5. The monoisotopic (exact) mass is 355 g/mol. The fourth-order valence-electron chi connectivity index (χ4n) is 3.27. The van der Waals surface area contributed by atoms with Gasteiger partial charge in [0, 0.05) is 53.9 Å². The van der Waals surface area contributed by atoms with Crippen LogP contribution in [0.25, 0.3) is 26.9 Å². The van der Waals surface area contributed by atoms with Gasteiger partial charge < -0.3 is 9.67 Å². The van der Waals surface area contributed by atoms with Crippen molar-refractivity contribution in [3.05, 3.63) is 58.8 Å². The van der Waals surface area contributed by atoms with E-state index in [9.17, 15) is 8.78 Å². The van der Waals surface area contributed by atoms with Crippen molar-refractivity contribution < 1.29 is 13.9 Å². The molecule has 134 valence electrons. The maximum absolute atomic E-state index is 13.7. The second-order valence-electron chi connectivity index (χ2n) is 6.30. The number of benzene rings is 1. The van der Waals surface area contributed by atoms with Gasteiger partial charge in [0.25, 0.3) is 6.43 Å². The van der Waals surface area contributed by atoms with E-state index in [1.165, 1.54) is 12.4 Å². The molecule has 0 unspecified atom stereocenters. The topological polar surface area (TPSA) is 42.4 Å². The first-order valence-electron chi connectivity index (χ1n) is 8.32. The van der Waals surface area contributed by atoms with Crippen molar-refractivity contribution in [2.24, 2.45) is 0 Å². The summed E-state index contributed by atoms with van der Waals surface area (Å²) < 4.78 is 29.3. The van der Waals surface area contributed by atoms with Gasteiger partial charge in [0.15, 0.2) is 5.69 Å². The number of aliphatic hydroxyl groups excluding tert-OH is 1. The predicted octanol–water partition coefficient (Wildman–Crippen LogP) is 5.19. The van der Waals surface area contributed by atoms with E-state index in [0.717, 1.165) is 16.5 Å². The summed E-state index contributed by atoms with van der Waals surface area (Å²) >= 11 is 0. The Balaban J connectivity index is 2.33. The van der Waals surface area contributed by atoms with E-state index in [4.69, 9.17) is 11.7 Å². The summed E-state index contributed by atoms with van der Waals surface area (Å²) in [5.41, 5.74) is 3.61. The third-order valence-electron chi connectivity index (χ3n) is 4.57. The Morgan fingerprint density at radius 2 is 1.96 bits per heavy atom. The van der Waals surface area contributed by atoms with Gasteiger partial charge in [-0.25, -0.2) is 13.6 Å². The number of aliphatic hydroxyl groups is 1. The largest absolute Gasteiger partial charge is 0.396 e. The van der Waals surface area contributed by atoms with E-state index in [1.54, 1.807) is 13.0 Å². The number of hydrogen-bond donors (Lipinski definition) is 1. The molecule has 0 saturated heterocycles. The Labute approximate surface area is 150 Å². The minimum atomic E-state index is -2.62. The molecule has 0 fully saturated rings. The van der Waals surface area contributed by atoms with Crippen LogP contribution in [0.2, 0.25) is 0 Å². The fourth-order valence-corrected chi connectivity index (χ4v) is 3.27. The zero-order chi connectivity index (χ0) is 18.8. The molecule has 0 saturated carbocycles. The number of rotatable bonds is 5. The van der Waals surface area contributed by atoms with Gasteiger partial charge in [-0.15, -0.1) is 0 Å². The summed E-state index contributed by atoms with van der Waals surface area (Å²) in [5.74, 6) is 0. The SMILES string of the molecule is [C-]#[N+]c1cc2c(-c3cncc(C)c3C(F)F)cn(CCCO)c2cc1C. The Kier molecular flexibility index (Phi) is 5.01. The Morgan fingerprint density at radius 1 is 1.19 bits per heavy atom. The molecule has 1 aromatic carbocycles. The zero-order valence-electron chi connectivity index (χ0n) is 14.6. The number of nitrogens with zero attached hydrogens (tertiary/aromatic N) is 3. The van der Waals surface area contributed by atoms with Crippen LogP contribution in [0.1, 0.15) is 29.5 Å². The van der Waals surface area contributed by atoms with E-state index >= 15 is 0 Å². The third kappa shape index (κ3) is 3.06. The highest BCUT2D eigenvalue weighted by Gasteiger charge is 2.21. The van der Waals surface area contributed by atoms with Crippen molar-refractivity contribution in [1.82, 2.24) is 9.55 Å². The molecule has 0 aliphatic carbocycles. The van der Waals surface area contributed by atoms with Gasteiger partial charge in [-0.2, -0.15) is 0 Å². The molecule has 1 N–H and O–H groups in total. The number of aryl methyl sites for hydroxylation is 3. The number of fused-ring (bicyclic) bond motifs is 1. The standard InChI is InChI=1S/C20H19F2N3O/c1-12-7-18-14(8-17(12)23-3)16(11-25(18)5-4-6-26)15-10-24-9-13(2)19(15)20(21)22/h7-11,20,26H,4-6H2,1-2H3. The summed E-state index contributed by atoms with van der Waals surface area (Å²) in [6.45, 7) is 11.4. The average Bonchev–Trinajstić information content (AvgIpc) is 2.95. The fraction of sp³-hybridized carbons (Fsp3) is 0.300. The highest BCUT2D eigenvalue weighted by atomic mass is 19.3. The number of pyridine rings is 1. The summed E-state index contributed by atoms with van der Waals surface area (Å²) in [6, 6.07) is 3.65. The Bertz CT molecular complexity index is 1000. The van der Waals surface area contributed by atoms with E-state index in [0.29, 0.717) is 35.3 Å². The molecule has 0 atom stereocenters. The van der Waals surface area contributed by atoms with E-state index < -0.39 is 6.43 Å². The maximum atomic E-state index is 13.7. The molecule has 3 aromatic rings. The summed E-state index contributed by atoms with van der Waals surface area (Å²) in [6.07, 6.45) is 2.65. The maximum Gasteiger partial charge on any atom is 0.264 e. The van der Waals surface area contributed by atoms with E-state index in [1.807, 2.05) is 23.8 Å². The van der Waals surface area contributed by atoms with Crippen LogP contribution >= 0.6 is 0 Å². The van der Waals surface area contributed by atoms with Gasteiger partial charge in [0.2, 0.25) is 0 Å². The van der Waals surface area contributed by atoms with E-state index in [2.05, 4.69) is 9.83 Å². The molecule has 4 nitrogen and oxygen atoms in total. The molecule has 2 aromatic heterocycles. The second-order valence-corrected chi connectivity index (χ2v) is 6.30. The highest BCUT2D eigenvalue weighted by Crippen LogP contribution is 2.39. The van der Waals surface area contributed by atoms with Gasteiger partial charge in [-0.1, -0.05) is 0 Å². The molecule has 26 heavy (non-hydrogen) atoms. The van der Waals surface area contributed by atoms with Crippen LogP contribution in [0, 0.1) is 20.4 Å². The summed E-state index contributed by atoms with van der Waals surface area (Å²) in [7, 11) is 0. The number of aromatic nitrogens is 2. The van der Waals surface area contributed by atoms with Crippen molar-refractivity contribution in [2.75, 3.05) is 6.61 Å². The van der Waals surface area contributed by atoms with Gasteiger partial charge in [-0.05, 0) is 48.9 Å². The zero-order valence-corrected chi connectivity index (χ0v) is 14.6. The summed E-state index contributed by atoms with van der Waals surface area (Å²) in [5, 5.41) is 9.90. The molecule has 6 heteroatoms. The molecular weight excluding hydrogens is 336 g/mol. The first-order valence-corrected chi connectivity index (χ1v) is 8.32. The Hall–Kier alpha value is -2.78. The number of halogens is 2. The molecular formula is C20H19F2N3O. The van der Waals surface area contributed by atoms with Gasteiger partial charge >= 0.3 is 0 Å². The average molecular weight is 355 g/mol. The third-order valence-corrected chi connectivity index (χ3v) is 4.57. The van der Waals surface area contributed by atoms with Crippen molar-refractivity contribution in [3.8, 4) is 11.1 Å². The smallest absolute Gasteiger partial charge is 0.264 e. The van der Waals surface area contributed by atoms with Crippen LogP contribution in [-0.2, 0) is 6.54 Å². The van der Waals surface area contributed by atoms with Crippen LogP contribution < -0.4 is 0 Å². The van der Waals surface area contributed by atoms with Crippen LogP contribution in [0.5, 0.6) is 0 Å². The normalized spacial score (nSPS) is 11.3. The lowest BCUT2D eigenvalue weighted by molar-refractivity contribution is 0.151. The second kappa shape index (κ2) is 7.22. The molecule has 0 spiro atoms. The van der Waals surface area contributed by atoms with Crippen LogP contribution in [-0.4, -0.2) is 21.3 Å². The predicted molar refractivity (Wildman–Crippen MR) is 97.6 cm³/mol. The molecule has 0 aliphatic rings. The van der Waals surface area contributed by atoms with Crippen LogP contribution in [0.4, 0.5) is 14.5 Å².